The molecule has 0 atom stereocenters. The minimum Gasteiger partial charge on any atom is -0.355 e. The van der Waals surface area contributed by atoms with Crippen LogP contribution in [0.5, 0.6) is 0 Å². The quantitative estimate of drug-likeness (QED) is 0.848. The molecule has 3 heteroatoms. The lowest BCUT2D eigenvalue weighted by Crippen LogP contribution is -2.04. The highest BCUT2D eigenvalue weighted by Crippen LogP contribution is 2.23. The average molecular weight is 230 g/mol. The van der Waals surface area contributed by atoms with Crippen LogP contribution in [0.2, 0.25) is 0 Å². The van der Waals surface area contributed by atoms with Crippen LogP contribution in [-0.4, -0.2) is 0 Å². The van der Waals surface area contributed by atoms with Crippen molar-refractivity contribution in [3.63, 3.8) is 0 Å². The smallest absolute Gasteiger partial charge is 0.129 e. The monoisotopic (exact) mass is 230 g/mol. The highest BCUT2D eigenvalue weighted by Gasteiger charge is 2.06. The Hall–Kier alpha value is -1.87. The molecule has 17 heavy (non-hydrogen) atoms. The first-order valence-corrected chi connectivity index (χ1v) is 5.52. The van der Waals surface area contributed by atoms with Gasteiger partial charge in [0.2, 0.25) is 0 Å². The van der Waals surface area contributed by atoms with Gasteiger partial charge in [0.1, 0.15) is 5.82 Å². The molecule has 0 unspecified atom stereocenters. The van der Waals surface area contributed by atoms with Crippen molar-refractivity contribution in [2.45, 2.75) is 13.5 Å². The second-order valence-electron chi connectivity index (χ2n) is 3.96. The number of halogens is 1. The van der Waals surface area contributed by atoms with Crippen molar-refractivity contribution in [3.8, 4) is 0 Å². The number of aryl methyl sites for hydroxylation is 1. The van der Waals surface area contributed by atoms with Gasteiger partial charge < -0.3 is 11.1 Å². The van der Waals surface area contributed by atoms with E-state index in [0.29, 0.717) is 5.56 Å². The Morgan fingerprint density at radius 1 is 1.12 bits per heavy atom. The Bertz CT molecular complexity index is 506. The van der Waals surface area contributed by atoms with Crippen molar-refractivity contribution in [3.05, 3.63) is 59.4 Å². The third-order valence-electron chi connectivity index (χ3n) is 2.65. The average Bonchev–Trinajstić information content (AvgIpc) is 2.32. The summed E-state index contributed by atoms with van der Waals surface area (Å²) in [6.45, 7) is 2.21. The normalized spacial score (nSPS) is 10.3. The molecule has 0 spiro atoms. The Morgan fingerprint density at radius 3 is 2.47 bits per heavy atom. The number of nitrogens with one attached hydrogen (secondary N) is 1. The Morgan fingerprint density at radius 2 is 1.82 bits per heavy atom. The van der Waals surface area contributed by atoms with Gasteiger partial charge in [-0.25, -0.2) is 4.39 Å². The molecule has 0 radical (unpaired) electrons. The molecule has 0 amide bonds. The van der Waals surface area contributed by atoms with Gasteiger partial charge in [-0.15, -0.1) is 0 Å². The minimum atomic E-state index is -0.274. The number of hydrogen-bond acceptors (Lipinski definition) is 2. The molecule has 2 nitrogen and oxygen atoms in total. The van der Waals surface area contributed by atoms with Crippen LogP contribution in [0.4, 0.5) is 15.8 Å². The maximum atomic E-state index is 13.5. The lowest BCUT2D eigenvalue weighted by molar-refractivity contribution is 0.611. The molecule has 0 bridgehead atoms. The summed E-state index contributed by atoms with van der Waals surface area (Å²) in [5, 5.41) is 3.17. The highest BCUT2D eigenvalue weighted by atomic mass is 19.1. The van der Waals surface area contributed by atoms with Crippen LogP contribution in [0, 0.1) is 12.7 Å². The van der Waals surface area contributed by atoms with Crippen LogP contribution in [0.15, 0.2) is 42.5 Å². The third kappa shape index (κ3) is 2.63. The summed E-state index contributed by atoms with van der Waals surface area (Å²) >= 11 is 0. The number of benzene rings is 2. The van der Waals surface area contributed by atoms with Crippen LogP contribution in [0.1, 0.15) is 11.1 Å². The van der Waals surface area contributed by atoms with E-state index in [4.69, 9.17) is 5.73 Å². The molecule has 88 valence electrons. The zero-order valence-electron chi connectivity index (χ0n) is 9.70. The fourth-order valence-electron chi connectivity index (χ4n) is 1.68. The SMILES string of the molecule is Cc1ccc(Nc2cccc(F)c2CN)cc1. The molecular formula is C14H15FN2. The van der Waals surface area contributed by atoms with E-state index in [1.807, 2.05) is 37.3 Å². The summed E-state index contributed by atoms with van der Waals surface area (Å²) < 4.78 is 13.5. The number of nitrogens with two attached hydrogens (primary N) is 1. The van der Waals surface area contributed by atoms with E-state index in [-0.39, 0.29) is 12.4 Å². The van der Waals surface area contributed by atoms with E-state index >= 15 is 0 Å². The van der Waals surface area contributed by atoms with Gasteiger partial charge in [-0.2, -0.15) is 0 Å². The fraction of sp³-hybridized carbons (Fsp3) is 0.143. The van der Waals surface area contributed by atoms with Gasteiger partial charge in [0.15, 0.2) is 0 Å². The second-order valence-corrected chi connectivity index (χ2v) is 3.96. The van der Waals surface area contributed by atoms with Crippen molar-refractivity contribution in [2.75, 3.05) is 5.32 Å². The molecule has 0 aromatic heterocycles. The van der Waals surface area contributed by atoms with Crippen molar-refractivity contribution in [2.24, 2.45) is 5.73 Å². The van der Waals surface area contributed by atoms with E-state index < -0.39 is 0 Å². The van der Waals surface area contributed by atoms with E-state index in [0.717, 1.165) is 11.4 Å². The van der Waals surface area contributed by atoms with Crippen molar-refractivity contribution >= 4 is 11.4 Å². The minimum absolute atomic E-state index is 0.181. The zero-order chi connectivity index (χ0) is 12.3. The van der Waals surface area contributed by atoms with E-state index in [2.05, 4.69) is 5.32 Å². The van der Waals surface area contributed by atoms with Gasteiger partial charge in [0.05, 0.1) is 0 Å². The summed E-state index contributed by atoms with van der Waals surface area (Å²) in [5.41, 5.74) is 8.89. The summed E-state index contributed by atoms with van der Waals surface area (Å²) in [7, 11) is 0. The molecule has 0 aliphatic heterocycles. The standard InChI is InChI=1S/C14H15FN2/c1-10-5-7-11(8-6-10)17-14-4-2-3-13(15)12(14)9-16/h2-8,17H,9,16H2,1H3. The maximum Gasteiger partial charge on any atom is 0.129 e. The van der Waals surface area contributed by atoms with Crippen LogP contribution in [-0.2, 0) is 6.54 Å². The molecule has 2 aromatic carbocycles. The van der Waals surface area contributed by atoms with Crippen molar-refractivity contribution < 1.29 is 4.39 Å². The summed E-state index contributed by atoms with van der Waals surface area (Å²) in [6, 6.07) is 12.8. The first kappa shape index (κ1) is 11.6. The van der Waals surface area contributed by atoms with E-state index in [1.54, 1.807) is 6.07 Å². The second kappa shape index (κ2) is 4.97. The van der Waals surface area contributed by atoms with Gasteiger partial charge in [0.25, 0.3) is 0 Å². The fourth-order valence-corrected chi connectivity index (χ4v) is 1.68. The van der Waals surface area contributed by atoms with Gasteiger partial charge in [-0.1, -0.05) is 23.8 Å². The van der Waals surface area contributed by atoms with Crippen LogP contribution in [0.3, 0.4) is 0 Å². The summed E-state index contributed by atoms with van der Waals surface area (Å²) in [4.78, 5) is 0. The predicted molar refractivity (Wildman–Crippen MR) is 68.8 cm³/mol. The maximum absolute atomic E-state index is 13.5. The lowest BCUT2D eigenvalue weighted by atomic mass is 10.1. The van der Waals surface area contributed by atoms with Crippen LogP contribution in [0.25, 0.3) is 0 Å². The van der Waals surface area contributed by atoms with Crippen LogP contribution >= 0.6 is 0 Å². The van der Waals surface area contributed by atoms with Crippen LogP contribution < -0.4 is 11.1 Å². The molecule has 2 aromatic rings. The number of hydrogen-bond donors (Lipinski definition) is 2. The van der Waals surface area contributed by atoms with E-state index in [9.17, 15) is 4.39 Å². The number of anilines is 2. The summed E-state index contributed by atoms with van der Waals surface area (Å²) in [6.07, 6.45) is 0. The molecule has 0 aliphatic rings. The van der Waals surface area contributed by atoms with Crippen molar-refractivity contribution in [1.29, 1.82) is 0 Å². The largest absolute Gasteiger partial charge is 0.355 e. The van der Waals surface area contributed by atoms with Gasteiger partial charge in [-0.3, -0.25) is 0 Å². The first-order valence-electron chi connectivity index (χ1n) is 5.52. The zero-order valence-corrected chi connectivity index (χ0v) is 9.70. The Balaban J connectivity index is 2.29. The summed E-state index contributed by atoms with van der Waals surface area (Å²) in [5.74, 6) is -0.274. The molecule has 2 rings (SSSR count). The third-order valence-corrected chi connectivity index (χ3v) is 2.65. The number of rotatable bonds is 3. The molecule has 0 fully saturated rings. The highest BCUT2D eigenvalue weighted by molar-refractivity contribution is 5.63. The molecular weight excluding hydrogens is 215 g/mol. The Kier molecular flexibility index (Phi) is 3.40. The van der Waals surface area contributed by atoms with Gasteiger partial charge in [0, 0.05) is 23.5 Å². The topological polar surface area (TPSA) is 38.0 Å². The lowest BCUT2D eigenvalue weighted by Gasteiger charge is -2.11. The molecule has 0 aliphatic carbocycles. The first-order chi connectivity index (χ1) is 8.20. The van der Waals surface area contributed by atoms with Gasteiger partial charge in [-0.05, 0) is 31.2 Å². The molecule has 3 N–H and O–H groups in total. The molecule has 0 saturated heterocycles. The van der Waals surface area contributed by atoms with Crippen molar-refractivity contribution in [1.82, 2.24) is 0 Å². The van der Waals surface area contributed by atoms with Gasteiger partial charge >= 0.3 is 0 Å². The Labute approximate surface area is 100 Å². The molecule has 0 heterocycles. The molecule has 0 saturated carbocycles. The predicted octanol–water partition coefficient (Wildman–Crippen LogP) is 3.34. The van der Waals surface area contributed by atoms with E-state index in [1.165, 1.54) is 11.6 Å².